The lowest BCUT2D eigenvalue weighted by Gasteiger charge is -2.06. The number of carbonyl (C=O) groups is 1. The van der Waals surface area contributed by atoms with Gasteiger partial charge in [-0.25, -0.2) is 4.68 Å². The van der Waals surface area contributed by atoms with Crippen LogP contribution in [0.3, 0.4) is 0 Å². The number of hydrogen-bond acceptors (Lipinski definition) is 4. The Balaban J connectivity index is 2.02. The number of nitrogens with zero attached hydrogens (tertiary/aromatic N) is 3. The summed E-state index contributed by atoms with van der Waals surface area (Å²) in [6.07, 6.45) is 1.67. The van der Waals surface area contributed by atoms with Crippen LogP contribution in [0.4, 0.5) is 0 Å². The van der Waals surface area contributed by atoms with Gasteiger partial charge in [-0.1, -0.05) is 5.21 Å². The van der Waals surface area contributed by atoms with E-state index >= 15 is 0 Å². The van der Waals surface area contributed by atoms with Gasteiger partial charge in [0.1, 0.15) is 5.75 Å². The standard InChI is InChI=1S/C12H13N3O3/c1-9-8-13-14-15(9)10-2-4-11(5-3-10)18-7-6-12(16)17/h2-5,8H,6-7H2,1H3,(H,16,17). The van der Waals surface area contributed by atoms with Crippen molar-refractivity contribution in [3.05, 3.63) is 36.2 Å². The van der Waals surface area contributed by atoms with Crippen molar-refractivity contribution in [3.63, 3.8) is 0 Å². The quantitative estimate of drug-likeness (QED) is 0.864. The van der Waals surface area contributed by atoms with Gasteiger partial charge < -0.3 is 9.84 Å². The van der Waals surface area contributed by atoms with E-state index in [9.17, 15) is 4.79 Å². The molecule has 0 spiro atoms. The largest absolute Gasteiger partial charge is 0.493 e. The molecule has 6 heteroatoms. The summed E-state index contributed by atoms with van der Waals surface area (Å²) in [5, 5.41) is 16.2. The zero-order chi connectivity index (χ0) is 13.0. The molecule has 0 amide bonds. The minimum absolute atomic E-state index is 0.00998. The zero-order valence-corrected chi connectivity index (χ0v) is 9.91. The fraction of sp³-hybridized carbons (Fsp3) is 0.250. The Morgan fingerprint density at radius 3 is 2.67 bits per heavy atom. The van der Waals surface area contributed by atoms with Gasteiger partial charge in [-0.3, -0.25) is 4.79 Å². The van der Waals surface area contributed by atoms with E-state index in [-0.39, 0.29) is 13.0 Å². The predicted molar refractivity (Wildman–Crippen MR) is 63.8 cm³/mol. The van der Waals surface area contributed by atoms with Crippen LogP contribution in [0.2, 0.25) is 0 Å². The van der Waals surface area contributed by atoms with E-state index in [1.54, 1.807) is 23.0 Å². The number of carboxylic acids is 1. The van der Waals surface area contributed by atoms with E-state index in [1.807, 2.05) is 19.1 Å². The third-order valence-corrected chi connectivity index (χ3v) is 2.39. The van der Waals surface area contributed by atoms with Crippen LogP contribution in [0.5, 0.6) is 5.75 Å². The first-order valence-corrected chi connectivity index (χ1v) is 5.49. The molecule has 6 nitrogen and oxygen atoms in total. The summed E-state index contributed by atoms with van der Waals surface area (Å²) in [5.74, 6) is -0.234. The molecule has 0 fully saturated rings. The van der Waals surface area contributed by atoms with Gasteiger partial charge in [0.25, 0.3) is 0 Å². The number of aliphatic carboxylic acids is 1. The van der Waals surface area contributed by atoms with Gasteiger partial charge in [-0.2, -0.15) is 0 Å². The molecule has 0 radical (unpaired) electrons. The highest BCUT2D eigenvalue weighted by Crippen LogP contribution is 2.15. The first-order chi connectivity index (χ1) is 8.66. The molecule has 1 aromatic carbocycles. The molecule has 0 saturated heterocycles. The van der Waals surface area contributed by atoms with E-state index in [0.29, 0.717) is 5.75 Å². The Labute approximate surface area is 104 Å². The summed E-state index contributed by atoms with van der Waals surface area (Å²) in [6.45, 7) is 2.08. The van der Waals surface area contributed by atoms with Crippen molar-refractivity contribution in [1.29, 1.82) is 0 Å². The van der Waals surface area contributed by atoms with Crippen molar-refractivity contribution in [1.82, 2.24) is 15.0 Å². The van der Waals surface area contributed by atoms with Crippen molar-refractivity contribution in [2.75, 3.05) is 6.61 Å². The second-order valence-electron chi connectivity index (χ2n) is 3.77. The van der Waals surface area contributed by atoms with Crippen LogP contribution in [0.15, 0.2) is 30.5 Å². The maximum absolute atomic E-state index is 10.3. The van der Waals surface area contributed by atoms with Gasteiger partial charge in [0.05, 0.1) is 30.6 Å². The molecular formula is C12H13N3O3. The molecule has 0 aliphatic heterocycles. The molecule has 18 heavy (non-hydrogen) atoms. The van der Waals surface area contributed by atoms with Crippen molar-refractivity contribution < 1.29 is 14.6 Å². The number of rotatable bonds is 5. The predicted octanol–water partition coefficient (Wildman–Crippen LogP) is 1.43. The Morgan fingerprint density at radius 1 is 1.39 bits per heavy atom. The molecule has 2 aromatic rings. The van der Waals surface area contributed by atoms with Crippen LogP contribution in [-0.2, 0) is 4.79 Å². The van der Waals surface area contributed by atoms with Gasteiger partial charge in [0.2, 0.25) is 0 Å². The van der Waals surface area contributed by atoms with Crippen molar-refractivity contribution in [3.8, 4) is 11.4 Å². The summed E-state index contributed by atoms with van der Waals surface area (Å²) in [7, 11) is 0. The summed E-state index contributed by atoms with van der Waals surface area (Å²) in [4.78, 5) is 10.3. The number of benzene rings is 1. The third-order valence-electron chi connectivity index (χ3n) is 2.39. The van der Waals surface area contributed by atoms with Crippen molar-refractivity contribution in [2.24, 2.45) is 0 Å². The average Bonchev–Trinajstić information content (AvgIpc) is 2.76. The number of ether oxygens (including phenoxy) is 1. The number of hydrogen-bond donors (Lipinski definition) is 1. The smallest absolute Gasteiger partial charge is 0.306 e. The molecule has 0 atom stereocenters. The van der Waals surface area contributed by atoms with Gasteiger partial charge in [-0.15, -0.1) is 5.10 Å². The molecule has 1 aromatic heterocycles. The molecule has 0 saturated carbocycles. The number of aromatic nitrogens is 3. The van der Waals surface area contributed by atoms with E-state index in [4.69, 9.17) is 9.84 Å². The topological polar surface area (TPSA) is 77.2 Å². The monoisotopic (exact) mass is 247 g/mol. The summed E-state index contributed by atoms with van der Waals surface area (Å²) < 4.78 is 7.00. The summed E-state index contributed by atoms with van der Waals surface area (Å²) >= 11 is 0. The lowest BCUT2D eigenvalue weighted by Crippen LogP contribution is -2.05. The normalized spacial score (nSPS) is 10.3. The average molecular weight is 247 g/mol. The molecule has 0 unspecified atom stereocenters. The second kappa shape index (κ2) is 5.31. The molecule has 0 aliphatic rings. The lowest BCUT2D eigenvalue weighted by molar-refractivity contribution is -0.137. The highest BCUT2D eigenvalue weighted by atomic mass is 16.5. The third kappa shape index (κ3) is 2.85. The fourth-order valence-corrected chi connectivity index (χ4v) is 1.48. The first kappa shape index (κ1) is 12.1. The van der Waals surface area contributed by atoms with Crippen molar-refractivity contribution >= 4 is 5.97 Å². The Kier molecular flexibility index (Phi) is 3.57. The van der Waals surface area contributed by atoms with Crippen LogP contribution in [0.25, 0.3) is 5.69 Å². The summed E-state index contributed by atoms with van der Waals surface area (Å²) in [6, 6.07) is 7.24. The van der Waals surface area contributed by atoms with Crippen LogP contribution in [0, 0.1) is 6.92 Å². The maximum atomic E-state index is 10.3. The van der Waals surface area contributed by atoms with Gasteiger partial charge in [0, 0.05) is 0 Å². The second-order valence-corrected chi connectivity index (χ2v) is 3.77. The zero-order valence-electron chi connectivity index (χ0n) is 9.91. The minimum Gasteiger partial charge on any atom is -0.493 e. The van der Waals surface area contributed by atoms with Gasteiger partial charge in [0.15, 0.2) is 0 Å². The van der Waals surface area contributed by atoms with Crippen molar-refractivity contribution in [2.45, 2.75) is 13.3 Å². The maximum Gasteiger partial charge on any atom is 0.306 e. The Hall–Kier alpha value is -2.37. The molecule has 0 aliphatic carbocycles. The number of aryl methyl sites for hydroxylation is 1. The SMILES string of the molecule is Cc1cnnn1-c1ccc(OCCC(=O)O)cc1. The van der Waals surface area contributed by atoms with Crippen LogP contribution in [-0.4, -0.2) is 32.7 Å². The van der Waals surface area contributed by atoms with Crippen LogP contribution >= 0.6 is 0 Å². The fourth-order valence-electron chi connectivity index (χ4n) is 1.48. The molecule has 1 heterocycles. The summed E-state index contributed by atoms with van der Waals surface area (Å²) in [5.41, 5.74) is 1.82. The highest BCUT2D eigenvalue weighted by Gasteiger charge is 2.03. The van der Waals surface area contributed by atoms with Crippen LogP contribution < -0.4 is 4.74 Å². The van der Waals surface area contributed by atoms with Gasteiger partial charge >= 0.3 is 5.97 Å². The Morgan fingerprint density at radius 2 is 2.11 bits per heavy atom. The van der Waals surface area contributed by atoms with E-state index in [0.717, 1.165) is 11.4 Å². The molecule has 1 N–H and O–H groups in total. The minimum atomic E-state index is -0.870. The van der Waals surface area contributed by atoms with E-state index < -0.39 is 5.97 Å². The first-order valence-electron chi connectivity index (χ1n) is 5.49. The lowest BCUT2D eigenvalue weighted by atomic mass is 10.3. The van der Waals surface area contributed by atoms with Gasteiger partial charge in [-0.05, 0) is 31.2 Å². The number of carboxylic acid groups (broad SMARTS) is 1. The van der Waals surface area contributed by atoms with Crippen LogP contribution in [0.1, 0.15) is 12.1 Å². The molecular weight excluding hydrogens is 234 g/mol. The van der Waals surface area contributed by atoms with E-state index in [1.165, 1.54) is 0 Å². The molecule has 2 rings (SSSR count). The highest BCUT2D eigenvalue weighted by molar-refractivity contribution is 5.66. The van der Waals surface area contributed by atoms with E-state index in [2.05, 4.69) is 10.3 Å². The molecule has 94 valence electrons. The molecule has 0 bridgehead atoms. The Bertz CT molecular complexity index is 534.